The van der Waals surface area contributed by atoms with Gasteiger partial charge in [-0.1, -0.05) is 41.4 Å². The Bertz CT molecular complexity index is 1460. The molecule has 1 atom stereocenters. The fourth-order valence-corrected chi connectivity index (χ4v) is 4.61. The Kier molecular flexibility index (Phi) is 5.92. The molecule has 35 heavy (non-hydrogen) atoms. The summed E-state index contributed by atoms with van der Waals surface area (Å²) in [6, 6.07) is 16.4. The Balaban J connectivity index is 1.63. The van der Waals surface area contributed by atoms with E-state index in [0.717, 1.165) is 11.1 Å². The number of nitrogens with one attached hydrogen (secondary N) is 2. The van der Waals surface area contributed by atoms with E-state index >= 15 is 0 Å². The van der Waals surface area contributed by atoms with Crippen LogP contribution in [0.15, 0.2) is 66.9 Å². The lowest BCUT2D eigenvalue weighted by Gasteiger charge is -2.32. The molecule has 0 fully saturated rings. The topological polar surface area (TPSA) is 87.1 Å². The number of carboxylic acids is 1. The molecule has 1 aliphatic rings. The van der Waals surface area contributed by atoms with E-state index < -0.39 is 11.5 Å². The number of rotatable bonds is 4. The summed E-state index contributed by atoms with van der Waals surface area (Å²) in [5, 5.41) is 16.4. The number of hydrogen-bond donors (Lipinski definition) is 3. The third-order valence-corrected chi connectivity index (χ3v) is 6.87. The lowest BCUT2D eigenvalue weighted by Crippen LogP contribution is -2.40. The summed E-state index contributed by atoms with van der Waals surface area (Å²) in [6.07, 6.45) is 1.70. The Hall–Kier alpha value is -3.52. The minimum atomic E-state index is -1.00. The van der Waals surface area contributed by atoms with Crippen molar-refractivity contribution < 1.29 is 14.3 Å². The molecule has 5 rings (SSSR count). The zero-order chi connectivity index (χ0) is 24.7. The average molecular weight is 509 g/mol. The highest BCUT2D eigenvalue weighted by Crippen LogP contribution is 2.44. The molecule has 0 spiro atoms. The highest BCUT2D eigenvalue weighted by atomic mass is 35.5. The van der Waals surface area contributed by atoms with Crippen LogP contribution in [-0.4, -0.2) is 21.0 Å². The predicted octanol–water partition coefficient (Wildman–Crippen LogP) is 6.40. The first-order valence-electron chi connectivity index (χ1n) is 10.7. The maximum atomic E-state index is 15.0. The summed E-state index contributed by atoms with van der Waals surface area (Å²) in [5.74, 6) is -1.03. The third-order valence-electron chi connectivity index (χ3n) is 6.15. The molecule has 0 aliphatic carbocycles. The number of anilines is 2. The molecule has 9 heteroatoms. The van der Waals surface area contributed by atoms with Gasteiger partial charge in [0.2, 0.25) is 5.95 Å². The monoisotopic (exact) mass is 508 g/mol. The fourth-order valence-electron chi connectivity index (χ4n) is 4.29. The molecule has 0 radical (unpaired) electrons. The number of carboxylic acid groups (broad SMARTS) is 1. The van der Waals surface area contributed by atoms with E-state index in [1.165, 1.54) is 18.2 Å². The van der Waals surface area contributed by atoms with Crippen LogP contribution < -0.4 is 10.6 Å². The summed E-state index contributed by atoms with van der Waals surface area (Å²) < 4.78 is 15.0. The van der Waals surface area contributed by atoms with Crippen LogP contribution in [0.25, 0.3) is 11.3 Å². The van der Waals surface area contributed by atoms with Gasteiger partial charge in [-0.25, -0.2) is 19.2 Å². The average Bonchev–Trinajstić information content (AvgIpc) is 2.95. The zero-order valence-corrected chi connectivity index (χ0v) is 20.0. The van der Waals surface area contributed by atoms with E-state index in [1.807, 2.05) is 6.92 Å². The number of fused-ring (bicyclic) bond motifs is 3. The van der Waals surface area contributed by atoms with Crippen LogP contribution in [0.1, 0.15) is 34.0 Å². The Labute approximate surface area is 210 Å². The van der Waals surface area contributed by atoms with Crippen molar-refractivity contribution in [1.82, 2.24) is 15.3 Å². The van der Waals surface area contributed by atoms with E-state index in [2.05, 4.69) is 15.6 Å². The lowest BCUT2D eigenvalue weighted by atomic mass is 9.81. The number of benzene rings is 3. The molecule has 0 amide bonds. The maximum absolute atomic E-state index is 15.0. The van der Waals surface area contributed by atoms with Crippen LogP contribution in [0, 0.1) is 5.82 Å². The van der Waals surface area contributed by atoms with Gasteiger partial charge < -0.3 is 10.4 Å². The van der Waals surface area contributed by atoms with Gasteiger partial charge in [-0.15, -0.1) is 0 Å². The first-order valence-corrected chi connectivity index (χ1v) is 11.5. The molecule has 1 aromatic heterocycles. The van der Waals surface area contributed by atoms with Crippen LogP contribution in [-0.2, 0) is 12.1 Å². The molecule has 3 aromatic carbocycles. The second-order valence-electron chi connectivity index (χ2n) is 8.35. The predicted molar refractivity (Wildman–Crippen MR) is 134 cm³/mol. The molecule has 0 saturated carbocycles. The van der Waals surface area contributed by atoms with Crippen LogP contribution in [0.4, 0.5) is 16.0 Å². The summed E-state index contributed by atoms with van der Waals surface area (Å²) in [4.78, 5) is 20.3. The summed E-state index contributed by atoms with van der Waals surface area (Å²) in [7, 11) is 0. The number of nitrogens with zero attached hydrogens (tertiary/aromatic N) is 2. The number of aromatic carboxylic acids is 1. The van der Waals surface area contributed by atoms with E-state index in [1.54, 1.807) is 48.7 Å². The van der Waals surface area contributed by atoms with Crippen LogP contribution in [0.3, 0.4) is 0 Å². The van der Waals surface area contributed by atoms with E-state index in [0.29, 0.717) is 45.0 Å². The Morgan fingerprint density at radius 2 is 1.80 bits per heavy atom. The molecule has 2 heterocycles. The SMILES string of the molecule is CC1(c2ccccc2F)NCc2cnc(Nc3ccc(C(=O)O)cc3)nc2-c2cc(Cl)c(Cl)cc21. The second kappa shape index (κ2) is 8.92. The standard InChI is InChI=1S/C26H19Cl2FN4O2/c1-26(18-4-2-3-5-22(18)29)19-11-21(28)20(27)10-17(19)23-15(13-31-26)12-30-25(33-23)32-16-8-6-14(7-9-16)24(34)35/h2-12,31H,13H2,1H3,(H,34,35)(H,30,32,33). The Morgan fingerprint density at radius 3 is 2.51 bits per heavy atom. The Morgan fingerprint density at radius 1 is 1.09 bits per heavy atom. The molecule has 1 aliphatic heterocycles. The minimum absolute atomic E-state index is 0.178. The van der Waals surface area contributed by atoms with Crippen molar-refractivity contribution in [2.75, 3.05) is 5.32 Å². The first-order chi connectivity index (χ1) is 16.8. The normalized spacial score (nSPS) is 16.7. The van der Waals surface area contributed by atoms with Crippen molar-refractivity contribution in [2.45, 2.75) is 19.0 Å². The van der Waals surface area contributed by atoms with Gasteiger partial charge in [-0.2, -0.15) is 0 Å². The van der Waals surface area contributed by atoms with Gasteiger partial charge >= 0.3 is 5.97 Å². The molecule has 0 bridgehead atoms. The van der Waals surface area contributed by atoms with Crippen LogP contribution in [0.5, 0.6) is 0 Å². The number of halogens is 3. The number of carbonyl (C=O) groups is 1. The number of aromatic nitrogens is 2. The van der Waals surface area contributed by atoms with Crippen LogP contribution in [0.2, 0.25) is 10.0 Å². The fraction of sp³-hybridized carbons (Fsp3) is 0.115. The summed E-state index contributed by atoms with van der Waals surface area (Å²) in [6.45, 7) is 2.27. The molecule has 1 unspecified atom stereocenters. The van der Waals surface area contributed by atoms with Gasteiger partial charge in [0.1, 0.15) is 5.82 Å². The molecule has 6 nitrogen and oxygen atoms in total. The highest BCUT2D eigenvalue weighted by Gasteiger charge is 2.37. The van der Waals surface area contributed by atoms with Gasteiger partial charge in [-0.3, -0.25) is 5.32 Å². The quantitative estimate of drug-likeness (QED) is 0.295. The summed E-state index contributed by atoms with van der Waals surface area (Å²) in [5.41, 5.74) is 3.22. The van der Waals surface area contributed by atoms with Gasteiger partial charge in [0.15, 0.2) is 0 Å². The van der Waals surface area contributed by atoms with E-state index in [4.69, 9.17) is 33.3 Å². The van der Waals surface area contributed by atoms with Crippen molar-refractivity contribution in [3.8, 4) is 11.3 Å². The molecule has 4 aromatic rings. The molecular weight excluding hydrogens is 490 g/mol. The van der Waals surface area contributed by atoms with Gasteiger partial charge in [0.05, 0.1) is 26.8 Å². The molecule has 3 N–H and O–H groups in total. The highest BCUT2D eigenvalue weighted by molar-refractivity contribution is 6.42. The first kappa shape index (κ1) is 23.2. The maximum Gasteiger partial charge on any atom is 0.335 e. The minimum Gasteiger partial charge on any atom is -0.478 e. The number of hydrogen-bond acceptors (Lipinski definition) is 5. The smallest absolute Gasteiger partial charge is 0.335 e. The van der Waals surface area contributed by atoms with Gasteiger partial charge in [0, 0.05) is 35.1 Å². The van der Waals surface area contributed by atoms with Gasteiger partial charge in [0.25, 0.3) is 0 Å². The zero-order valence-electron chi connectivity index (χ0n) is 18.4. The molecule has 176 valence electrons. The molecular formula is C26H19Cl2FN4O2. The molecule has 0 saturated heterocycles. The van der Waals surface area contributed by atoms with Gasteiger partial charge in [-0.05, 0) is 55.0 Å². The third kappa shape index (κ3) is 4.23. The van der Waals surface area contributed by atoms with Crippen LogP contribution >= 0.6 is 23.2 Å². The van der Waals surface area contributed by atoms with Crippen molar-refractivity contribution in [3.63, 3.8) is 0 Å². The van der Waals surface area contributed by atoms with Crippen molar-refractivity contribution in [1.29, 1.82) is 0 Å². The second-order valence-corrected chi connectivity index (χ2v) is 9.16. The largest absolute Gasteiger partial charge is 0.478 e. The van der Waals surface area contributed by atoms with Crippen molar-refractivity contribution >= 4 is 40.8 Å². The van der Waals surface area contributed by atoms with E-state index in [-0.39, 0.29) is 11.4 Å². The lowest BCUT2D eigenvalue weighted by molar-refractivity contribution is 0.0697. The van der Waals surface area contributed by atoms with Crippen molar-refractivity contribution in [2.24, 2.45) is 0 Å². The summed E-state index contributed by atoms with van der Waals surface area (Å²) >= 11 is 12.8. The van der Waals surface area contributed by atoms with E-state index in [9.17, 15) is 9.18 Å². The van der Waals surface area contributed by atoms with Crippen molar-refractivity contribution in [3.05, 3.63) is 105 Å².